The molecule has 0 atom stereocenters. The molecular weight excluding hydrogens is 276 g/mol. The van der Waals surface area contributed by atoms with Crippen LogP contribution in [0.3, 0.4) is 0 Å². The summed E-state index contributed by atoms with van der Waals surface area (Å²) in [5.74, 6) is 0. The van der Waals surface area contributed by atoms with Gasteiger partial charge in [0.1, 0.15) is 0 Å². The van der Waals surface area contributed by atoms with E-state index in [1.807, 2.05) is 6.07 Å². The van der Waals surface area contributed by atoms with Crippen molar-refractivity contribution in [3.05, 3.63) is 34.3 Å². The summed E-state index contributed by atoms with van der Waals surface area (Å²) in [6, 6.07) is 11.2. The van der Waals surface area contributed by atoms with E-state index in [0.29, 0.717) is 12.6 Å². The van der Waals surface area contributed by atoms with Gasteiger partial charge in [0.15, 0.2) is 0 Å². The Morgan fingerprint density at radius 3 is 2.65 bits per heavy atom. The second-order valence-corrected chi connectivity index (χ2v) is 5.45. The zero-order chi connectivity index (χ0) is 12.1. The van der Waals surface area contributed by atoms with E-state index in [-0.39, 0.29) is 0 Å². The predicted molar refractivity (Wildman–Crippen MR) is 72.4 cm³/mol. The molecule has 0 N–H and O–H groups in total. The maximum Gasteiger partial charge on any atom is 0.0871 e. The van der Waals surface area contributed by atoms with Crippen LogP contribution in [0.2, 0.25) is 0 Å². The van der Waals surface area contributed by atoms with Crippen LogP contribution in [0.5, 0.6) is 0 Å². The number of hydrogen-bond acceptors (Lipinski definition) is 2. The Hall–Kier alpha value is -0.850. The number of hydrogen-bond donors (Lipinski definition) is 0. The summed E-state index contributed by atoms with van der Waals surface area (Å²) in [6.45, 7) is 1.41. The van der Waals surface area contributed by atoms with Gasteiger partial charge in [0, 0.05) is 17.1 Å². The molecule has 0 radical (unpaired) electrons. The zero-order valence-corrected chi connectivity index (χ0v) is 11.5. The van der Waals surface area contributed by atoms with E-state index in [4.69, 9.17) is 5.26 Å². The molecular formula is C14H17BrN2. The molecule has 90 valence electrons. The molecule has 0 saturated heterocycles. The fourth-order valence-electron chi connectivity index (χ4n) is 2.52. The Kier molecular flexibility index (Phi) is 4.58. The van der Waals surface area contributed by atoms with Crippen molar-refractivity contribution < 1.29 is 0 Å². The summed E-state index contributed by atoms with van der Waals surface area (Å²) < 4.78 is 1.14. The molecule has 1 aliphatic rings. The Bertz CT molecular complexity index is 405. The van der Waals surface area contributed by atoms with Crippen LogP contribution in [-0.2, 0) is 6.54 Å². The van der Waals surface area contributed by atoms with E-state index in [2.05, 4.69) is 45.1 Å². The third-order valence-corrected chi connectivity index (χ3v) is 4.22. The SMILES string of the molecule is N#CCN(Cc1ccccc1Br)C1CCCC1. The van der Waals surface area contributed by atoms with Crippen molar-refractivity contribution in [1.82, 2.24) is 4.90 Å². The minimum absolute atomic E-state index is 0.534. The van der Waals surface area contributed by atoms with Gasteiger partial charge in [-0.2, -0.15) is 5.26 Å². The van der Waals surface area contributed by atoms with Crippen molar-refractivity contribution in [2.75, 3.05) is 6.54 Å². The van der Waals surface area contributed by atoms with E-state index in [9.17, 15) is 0 Å². The second kappa shape index (κ2) is 6.18. The molecule has 0 aliphatic heterocycles. The lowest BCUT2D eigenvalue weighted by Crippen LogP contribution is -2.33. The molecule has 1 aromatic rings. The van der Waals surface area contributed by atoms with Crippen LogP contribution in [0.1, 0.15) is 31.2 Å². The number of halogens is 1. The first-order valence-electron chi connectivity index (χ1n) is 6.15. The standard InChI is InChI=1S/C14H17BrN2/c15-14-8-4-1-5-12(14)11-17(10-9-16)13-6-2-3-7-13/h1,4-5,8,13H,2-3,6-7,10-11H2. The number of nitrogens with zero attached hydrogens (tertiary/aromatic N) is 2. The molecule has 0 bridgehead atoms. The molecule has 3 heteroatoms. The van der Waals surface area contributed by atoms with Gasteiger partial charge in [-0.25, -0.2) is 0 Å². The van der Waals surface area contributed by atoms with Gasteiger partial charge in [-0.05, 0) is 24.5 Å². The van der Waals surface area contributed by atoms with Crippen molar-refractivity contribution in [3.63, 3.8) is 0 Å². The molecule has 0 heterocycles. The molecule has 0 spiro atoms. The molecule has 1 aromatic carbocycles. The molecule has 17 heavy (non-hydrogen) atoms. The summed E-state index contributed by atoms with van der Waals surface area (Å²) in [4.78, 5) is 2.31. The number of benzene rings is 1. The van der Waals surface area contributed by atoms with Crippen LogP contribution < -0.4 is 0 Å². The fourth-order valence-corrected chi connectivity index (χ4v) is 2.93. The van der Waals surface area contributed by atoms with Crippen molar-refractivity contribution in [2.45, 2.75) is 38.3 Å². The van der Waals surface area contributed by atoms with Crippen LogP contribution in [0.15, 0.2) is 28.7 Å². The highest BCUT2D eigenvalue weighted by molar-refractivity contribution is 9.10. The molecule has 0 unspecified atom stereocenters. The molecule has 0 aromatic heterocycles. The van der Waals surface area contributed by atoms with Crippen LogP contribution in [0.25, 0.3) is 0 Å². The Morgan fingerprint density at radius 1 is 1.29 bits per heavy atom. The Balaban J connectivity index is 2.07. The van der Waals surface area contributed by atoms with Crippen molar-refractivity contribution in [2.24, 2.45) is 0 Å². The van der Waals surface area contributed by atoms with E-state index in [1.54, 1.807) is 0 Å². The third-order valence-electron chi connectivity index (χ3n) is 3.45. The monoisotopic (exact) mass is 292 g/mol. The first-order chi connectivity index (χ1) is 8.31. The van der Waals surface area contributed by atoms with Crippen molar-refractivity contribution in [1.29, 1.82) is 5.26 Å². The van der Waals surface area contributed by atoms with E-state index < -0.39 is 0 Å². The van der Waals surface area contributed by atoms with Gasteiger partial charge < -0.3 is 0 Å². The highest BCUT2D eigenvalue weighted by atomic mass is 79.9. The van der Waals surface area contributed by atoms with E-state index >= 15 is 0 Å². The van der Waals surface area contributed by atoms with Crippen molar-refractivity contribution in [3.8, 4) is 6.07 Å². The molecule has 2 rings (SSSR count). The highest BCUT2D eigenvalue weighted by Gasteiger charge is 2.22. The summed E-state index contributed by atoms with van der Waals surface area (Å²) >= 11 is 3.57. The summed E-state index contributed by atoms with van der Waals surface area (Å²) in [7, 11) is 0. The number of nitriles is 1. The van der Waals surface area contributed by atoms with Crippen LogP contribution in [-0.4, -0.2) is 17.5 Å². The van der Waals surface area contributed by atoms with Crippen LogP contribution >= 0.6 is 15.9 Å². The first-order valence-corrected chi connectivity index (χ1v) is 6.95. The van der Waals surface area contributed by atoms with Gasteiger partial charge in [0.2, 0.25) is 0 Å². The maximum absolute atomic E-state index is 8.94. The summed E-state index contributed by atoms with van der Waals surface area (Å²) in [5.41, 5.74) is 1.27. The molecule has 1 aliphatic carbocycles. The zero-order valence-electron chi connectivity index (χ0n) is 9.90. The fraction of sp³-hybridized carbons (Fsp3) is 0.500. The molecule has 0 amide bonds. The van der Waals surface area contributed by atoms with Gasteiger partial charge in [-0.15, -0.1) is 0 Å². The van der Waals surface area contributed by atoms with E-state index in [1.165, 1.54) is 31.2 Å². The maximum atomic E-state index is 8.94. The van der Waals surface area contributed by atoms with Crippen LogP contribution in [0, 0.1) is 11.3 Å². The van der Waals surface area contributed by atoms with Gasteiger partial charge >= 0.3 is 0 Å². The average molecular weight is 293 g/mol. The topological polar surface area (TPSA) is 27.0 Å². The molecule has 1 saturated carbocycles. The summed E-state index contributed by atoms with van der Waals surface area (Å²) in [6.07, 6.45) is 5.10. The first kappa shape index (κ1) is 12.6. The van der Waals surface area contributed by atoms with Gasteiger partial charge in [-0.3, -0.25) is 4.90 Å². The molecule has 1 fully saturated rings. The van der Waals surface area contributed by atoms with Gasteiger partial charge in [0.25, 0.3) is 0 Å². The average Bonchev–Trinajstić information content (AvgIpc) is 2.85. The smallest absolute Gasteiger partial charge is 0.0871 e. The Morgan fingerprint density at radius 2 is 2.00 bits per heavy atom. The lowest BCUT2D eigenvalue weighted by molar-refractivity contribution is 0.214. The van der Waals surface area contributed by atoms with Crippen molar-refractivity contribution >= 4 is 15.9 Å². The molecule has 2 nitrogen and oxygen atoms in total. The normalized spacial score (nSPS) is 16.3. The third kappa shape index (κ3) is 3.31. The quantitative estimate of drug-likeness (QED) is 0.791. The second-order valence-electron chi connectivity index (χ2n) is 4.59. The lowest BCUT2D eigenvalue weighted by Gasteiger charge is -2.26. The Labute approximate surface area is 111 Å². The predicted octanol–water partition coefficient (Wildman–Crippen LogP) is 3.72. The van der Waals surface area contributed by atoms with Crippen LogP contribution in [0.4, 0.5) is 0 Å². The van der Waals surface area contributed by atoms with Gasteiger partial charge in [-0.1, -0.05) is 47.0 Å². The minimum Gasteiger partial charge on any atom is -0.283 e. The van der Waals surface area contributed by atoms with E-state index in [0.717, 1.165) is 11.0 Å². The largest absolute Gasteiger partial charge is 0.283 e. The number of rotatable bonds is 4. The lowest BCUT2D eigenvalue weighted by atomic mass is 10.1. The summed E-state index contributed by atoms with van der Waals surface area (Å²) in [5, 5.41) is 8.94. The minimum atomic E-state index is 0.534. The van der Waals surface area contributed by atoms with Gasteiger partial charge in [0.05, 0.1) is 12.6 Å². The highest BCUT2D eigenvalue weighted by Crippen LogP contribution is 2.26.